The molecule has 0 spiro atoms. The van der Waals surface area contributed by atoms with E-state index < -0.39 is 4.92 Å². The molecule has 0 bridgehead atoms. The van der Waals surface area contributed by atoms with E-state index in [1.165, 1.54) is 18.2 Å². The van der Waals surface area contributed by atoms with Crippen LogP contribution >= 0.6 is 0 Å². The van der Waals surface area contributed by atoms with E-state index in [0.29, 0.717) is 11.1 Å². The van der Waals surface area contributed by atoms with Crippen LogP contribution in [0, 0.1) is 24.0 Å². The first-order valence-electron chi connectivity index (χ1n) is 6.51. The third-order valence-electron chi connectivity index (χ3n) is 3.30. The van der Waals surface area contributed by atoms with E-state index in [0.717, 1.165) is 11.1 Å². The normalized spacial score (nSPS) is 10.8. The van der Waals surface area contributed by atoms with Crippen molar-refractivity contribution in [1.29, 1.82) is 0 Å². The van der Waals surface area contributed by atoms with Gasteiger partial charge < -0.3 is 0 Å². The predicted molar refractivity (Wildman–Crippen MR) is 82.4 cm³/mol. The highest BCUT2D eigenvalue weighted by Crippen LogP contribution is 2.15. The molecule has 21 heavy (non-hydrogen) atoms. The Hall–Kier alpha value is -2.75. The Morgan fingerprint density at radius 1 is 1.10 bits per heavy atom. The molecule has 0 unspecified atom stereocenters. The number of nitro benzene ring substituents is 1. The summed E-state index contributed by atoms with van der Waals surface area (Å²) in [5.41, 5.74) is 3.44. The van der Waals surface area contributed by atoms with Crippen LogP contribution in [0.5, 0.6) is 0 Å². The largest absolute Gasteiger partial charge is 0.289 e. The lowest BCUT2D eigenvalue weighted by molar-refractivity contribution is -0.384. The van der Waals surface area contributed by atoms with E-state index in [-0.39, 0.29) is 11.5 Å². The molecular formula is C17H15NO3. The van der Waals surface area contributed by atoms with Gasteiger partial charge in [-0.05, 0) is 42.7 Å². The molecule has 0 N–H and O–H groups in total. The Bertz CT molecular complexity index is 733. The molecule has 0 heterocycles. The maximum Gasteiger partial charge on any atom is 0.270 e. The zero-order valence-corrected chi connectivity index (χ0v) is 11.9. The highest BCUT2D eigenvalue weighted by Gasteiger charge is 2.05. The Morgan fingerprint density at radius 3 is 2.52 bits per heavy atom. The van der Waals surface area contributed by atoms with E-state index in [2.05, 4.69) is 0 Å². The third-order valence-corrected chi connectivity index (χ3v) is 3.30. The number of carbonyl (C=O) groups excluding carboxylic acids is 1. The second-order valence-electron chi connectivity index (χ2n) is 4.85. The molecule has 2 rings (SSSR count). The van der Waals surface area contributed by atoms with Gasteiger partial charge in [0.1, 0.15) is 0 Å². The molecule has 4 heteroatoms. The lowest BCUT2D eigenvalue weighted by Crippen LogP contribution is -1.95. The number of benzene rings is 2. The maximum absolute atomic E-state index is 12.1. The molecule has 0 saturated heterocycles. The van der Waals surface area contributed by atoms with E-state index in [4.69, 9.17) is 0 Å². The number of nitro groups is 1. The smallest absolute Gasteiger partial charge is 0.270 e. The van der Waals surface area contributed by atoms with Crippen molar-refractivity contribution < 1.29 is 9.72 Å². The Kier molecular flexibility index (Phi) is 4.28. The molecule has 0 amide bonds. The highest BCUT2D eigenvalue weighted by molar-refractivity contribution is 6.07. The van der Waals surface area contributed by atoms with Gasteiger partial charge in [0, 0.05) is 17.7 Å². The Balaban J connectivity index is 2.20. The number of nitrogens with zero attached hydrogens (tertiary/aromatic N) is 1. The summed E-state index contributed by atoms with van der Waals surface area (Å²) in [6.45, 7) is 3.94. The van der Waals surface area contributed by atoms with Crippen LogP contribution in [0.2, 0.25) is 0 Å². The minimum atomic E-state index is -0.456. The minimum Gasteiger partial charge on any atom is -0.289 e. The van der Waals surface area contributed by atoms with Crippen molar-refractivity contribution in [3.8, 4) is 0 Å². The fraction of sp³-hybridized carbons (Fsp3) is 0.118. The molecule has 4 nitrogen and oxygen atoms in total. The highest BCUT2D eigenvalue weighted by atomic mass is 16.6. The molecule has 0 aliphatic rings. The number of non-ortho nitro benzene ring substituents is 1. The van der Waals surface area contributed by atoms with Gasteiger partial charge in [-0.25, -0.2) is 0 Å². The number of hydrogen-bond donors (Lipinski definition) is 0. The van der Waals surface area contributed by atoms with Crippen molar-refractivity contribution >= 4 is 17.5 Å². The number of allylic oxidation sites excluding steroid dienone is 1. The number of rotatable bonds is 4. The first-order chi connectivity index (χ1) is 9.97. The Morgan fingerprint density at radius 2 is 1.86 bits per heavy atom. The van der Waals surface area contributed by atoms with Gasteiger partial charge >= 0.3 is 0 Å². The minimum absolute atomic E-state index is 0.00998. The molecule has 0 atom stereocenters. The van der Waals surface area contributed by atoms with Gasteiger partial charge in [-0.2, -0.15) is 0 Å². The van der Waals surface area contributed by atoms with Crippen LogP contribution in [0.3, 0.4) is 0 Å². The zero-order valence-electron chi connectivity index (χ0n) is 11.9. The van der Waals surface area contributed by atoms with E-state index in [1.54, 1.807) is 24.3 Å². The standard InChI is InChI=1S/C17H15NO3/c1-12-6-8-15(10-13(12)2)17(19)9-7-14-4-3-5-16(11-14)18(20)21/h3-11H,1-2H3/b9-7+. The molecule has 0 aromatic heterocycles. The summed E-state index contributed by atoms with van der Waals surface area (Å²) < 4.78 is 0. The van der Waals surface area contributed by atoms with Crippen molar-refractivity contribution in [3.63, 3.8) is 0 Å². The average molecular weight is 281 g/mol. The molecule has 0 aliphatic heterocycles. The van der Waals surface area contributed by atoms with E-state index >= 15 is 0 Å². The second-order valence-corrected chi connectivity index (χ2v) is 4.85. The first kappa shape index (κ1) is 14.7. The molecule has 106 valence electrons. The van der Waals surface area contributed by atoms with Crippen molar-refractivity contribution in [2.75, 3.05) is 0 Å². The van der Waals surface area contributed by atoms with Crippen molar-refractivity contribution in [2.24, 2.45) is 0 Å². The molecule has 0 aliphatic carbocycles. The summed E-state index contributed by atoms with van der Waals surface area (Å²) in [5, 5.41) is 10.7. The lowest BCUT2D eigenvalue weighted by Gasteiger charge is -2.01. The van der Waals surface area contributed by atoms with Crippen molar-refractivity contribution in [1.82, 2.24) is 0 Å². The second kappa shape index (κ2) is 6.13. The number of hydrogen-bond acceptors (Lipinski definition) is 3. The number of ketones is 1. The van der Waals surface area contributed by atoms with Gasteiger partial charge in [-0.3, -0.25) is 14.9 Å². The van der Waals surface area contributed by atoms with Crippen LogP contribution in [0.1, 0.15) is 27.0 Å². The van der Waals surface area contributed by atoms with Gasteiger partial charge in [0.25, 0.3) is 5.69 Å². The maximum atomic E-state index is 12.1. The Labute approximate surface area is 122 Å². The summed E-state index contributed by atoms with van der Waals surface area (Å²) in [6.07, 6.45) is 3.02. The fourth-order valence-electron chi connectivity index (χ4n) is 1.90. The lowest BCUT2D eigenvalue weighted by atomic mass is 10.0. The molecule has 2 aromatic rings. The third kappa shape index (κ3) is 3.63. The number of carbonyl (C=O) groups is 1. The number of aryl methyl sites for hydroxylation is 2. The molecule has 2 aromatic carbocycles. The fourth-order valence-corrected chi connectivity index (χ4v) is 1.90. The summed E-state index contributed by atoms with van der Waals surface area (Å²) in [5.74, 6) is -0.121. The van der Waals surface area contributed by atoms with Gasteiger partial charge in [0.15, 0.2) is 5.78 Å². The van der Waals surface area contributed by atoms with Crippen LogP contribution in [0.4, 0.5) is 5.69 Å². The summed E-state index contributed by atoms with van der Waals surface area (Å²) >= 11 is 0. The van der Waals surface area contributed by atoms with Gasteiger partial charge in [-0.15, -0.1) is 0 Å². The summed E-state index contributed by atoms with van der Waals surface area (Å²) in [4.78, 5) is 22.3. The van der Waals surface area contributed by atoms with E-state index in [1.807, 2.05) is 26.0 Å². The average Bonchev–Trinajstić information content (AvgIpc) is 2.48. The topological polar surface area (TPSA) is 60.2 Å². The van der Waals surface area contributed by atoms with Crippen LogP contribution < -0.4 is 0 Å². The summed E-state index contributed by atoms with van der Waals surface area (Å²) in [6, 6.07) is 11.7. The predicted octanol–water partition coefficient (Wildman–Crippen LogP) is 4.11. The van der Waals surface area contributed by atoms with Crippen molar-refractivity contribution in [2.45, 2.75) is 13.8 Å². The van der Waals surface area contributed by atoms with Crippen LogP contribution in [0.15, 0.2) is 48.5 Å². The molecule has 0 saturated carbocycles. The molecule has 0 fully saturated rings. The molecule has 0 radical (unpaired) electrons. The molecular weight excluding hydrogens is 266 g/mol. The van der Waals surface area contributed by atoms with Gasteiger partial charge in [-0.1, -0.05) is 30.3 Å². The SMILES string of the molecule is Cc1ccc(C(=O)/C=C/c2cccc([N+](=O)[O-])c2)cc1C. The van der Waals surface area contributed by atoms with Crippen LogP contribution in [0.25, 0.3) is 6.08 Å². The zero-order chi connectivity index (χ0) is 15.4. The quantitative estimate of drug-likeness (QED) is 0.367. The van der Waals surface area contributed by atoms with Crippen LogP contribution in [-0.2, 0) is 0 Å². The van der Waals surface area contributed by atoms with Gasteiger partial charge in [0.05, 0.1) is 4.92 Å². The summed E-state index contributed by atoms with van der Waals surface area (Å²) in [7, 11) is 0. The monoisotopic (exact) mass is 281 g/mol. The first-order valence-corrected chi connectivity index (χ1v) is 6.51. The van der Waals surface area contributed by atoms with Gasteiger partial charge in [0.2, 0.25) is 0 Å². The van der Waals surface area contributed by atoms with Crippen molar-refractivity contribution in [3.05, 3.63) is 80.9 Å². The van der Waals surface area contributed by atoms with Crippen LogP contribution in [-0.4, -0.2) is 10.7 Å². The van der Waals surface area contributed by atoms with E-state index in [9.17, 15) is 14.9 Å².